The molecule has 3 heteroatoms. The number of nitrogens with one attached hydrogen (secondary N) is 1. The number of nitrogens with zero attached hydrogens (tertiary/aromatic N) is 1. The van der Waals surface area contributed by atoms with E-state index in [1.54, 1.807) is 0 Å². The van der Waals surface area contributed by atoms with Gasteiger partial charge in [-0.15, -0.1) is 0 Å². The Morgan fingerprint density at radius 2 is 1.62 bits per heavy atom. The lowest BCUT2D eigenvalue weighted by molar-refractivity contribution is -0.0802. The second kappa shape index (κ2) is 6.97. The monoisotopic (exact) mass is 298 g/mol. The molecule has 0 saturated carbocycles. The fourth-order valence-electron chi connectivity index (χ4n) is 3.85. The van der Waals surface area contributed by atoms with Crippen LogP contribution in [0.2, 0.25) is 0 Å². The van der Waals surface area contributed by atoms with Crippen LogP contribution in [0, 0.1) is 11.8 Å². The SMILES string of the molecule is CCNC1C(CN(CC(C)C)C(C)C)C(C)(C)OC1(C)C. The van der Waals surface area contributed by atoms with E-state index in [0.717, 1.165) is 19.6 Å². The first-order chi connectivity index (χ1) is 9.51. The fraction of sp³-hybridized carbons (Fsp3) is 1.00. The standard InChI is InChI=1S/C18H38N2O/c1-10-19-16-15(17(6,7)21-18(16,8)9)12-20(14(4)5)11-13(2)3/h13-16,19H,10-12H2,1-9H3. The number of hydrogen-bond donors (Lipinski definition) is 1. The molecule has 0 aromatic carbocycles. The van der Waals surface area contributed by atoms with E-state index in [2.05, 4.69) is 72.5 Å². The summed E-state index contributed by atoms with van der Waals surface area (Å²) in [6.45, 7) is 23.6. The van der Waals surface area contributed by atoms with Gasteiger partial charge in [-0.25, -0.2) is 0 Å². The van der Waals surface area contributed by atoms with Gasteiger partial charge in [0.15, 0.2) is 0 Å². The first kappa shape index (κ1) is 18.9. The van der Waals surface area contributed by atoms with Crippen molar-refractivity contribution in [2.24, 2.45) is 11.8 Å². The lowest BCUT2D eigenvalue weighted by atomic mass is 9.81. The van der Waals surface area contributed by atoms with E-state index in [-0.39, 0.29) is 11.2 Å². The Hall–Kier alpha value is -0.120. The van der Waals surface area contributed by atoms with Gasteiger partial charge in [-0.2, -0.15) is 0 Å². The van der Waals surface area contributed by atoms with E-state index >= 15 is 0 Å². The van der Waals surface area contributed by atoms with Crippen LogP contribution in [-0.4, -0.2) is 47.8 Å². The van der Waals surface area contributed by atoms with Gasteiger partial charge in [0.25, 0.3) is 0 Å². The summed E-state index contributed by atoms with van der Waals surface area (Å²) in [6.07, 6.45) is 0. The van der Waals surface area contributed by atoms with E-state index in [1.807, 2.05) is 0 Å². The Labute approximate surface area is 132 Å². The van der Waals surface area contributed by atoms with Gasteiger partial charge >= 0.3 is 0 Å². The van der Waals surface area contributed by atoms with Crippen LogP contribution in [0.5, 0.6) is 0 Å². The quantitative estimate of drug-likeness (QED) is 0.778. The van der Waals surface area contributed by atoms with Crippen LogP contribution in [0.4, 0.5) is 0 Å². The highest BCUT2D eigenvalue weighted by molar-refractivity contribution is 5.06. The molecule has 1 aliphatic rings. The van der Waals surface area contributed by atoms with Gasteiger partial charge in [0, 0.05) is 31.1 Å². The minimum atomic E-state index is -0.106. The number of rotatable bonds is 7. The molecule has 0 aliphatic carbocycles. The molecule has 0 aromatic heterocycles. The fourth-order valence-corrected chi connectivity index (χ4v) is 3.85. The van der Waals surface area contributed by atoms with E-state index in [4.69, 9.17) is 4.74 Å². The molecule has 0 spiro atoms. The van der Waals surface area contributed by atoms with Crippen molar-refractivity contribution < 1.29 is 4.74 Å². The molecule has 21 heavy (non-hydrogen) atoms. The van der Waals surface area contributed by atoms with Gasteiger partial charge in [-0.05, 0) is 54.0 Å². The first-order valence-electron chi connectivity index (χ1n) is 8.68. The molecule has 2 atom stereocenters. The number of hydrogen-bond acceptors (Lipinski definition) is 3. The molecule has 0 aromatic rings. The van der Waals surface area contributed by atoms with Crippen molar-refractivity contribution in [2.45, 2.75) is 85.6 Å². The highest BCUT2D eigenvalue weighted by Gasteiger charge is 2.53. The van der Waals surface area contributed by atoms with Gasteiger partial charge in [-0.1, -0.05) is 20.8 Å². The van der Waals surface area contributed by atoms with Crippen molar-refractivity contribution >= 4 is 0 Å². The molecule has 0 amide bonds. The predicted octanol–water partition coefficient (Wildman–Crippen LogP) is 3.53. The van der Waals surface area contributed by atoms with E-state index in [1.165, 1.54) is 0 Å². The van der Waals surface area contributed by atoms with E-state index < -0.39 is 0 Å². The number of likely N-dealkylation sites (N-methyl/N-ethyl adjacent to an activating group) is 1. The molecule has 0 radical (unpaired) electrons. The summed E-state index contributed by atoms with van der Waals surface area (Å²) in [5, 5.41) is 3.69. The second-order valence-corrected chi connectivity index (χ2v) is 8.39. The molecule has 1 aliphatic heterocycles. The summed E-state index contributed by atoms with van der Waals surface area (Å²) in [7, 11) is 0. The smallest absolute Gasteiger partial charge is 0.0790 e. The average Bonchev–Trinajstić information content (AvgIpc) is 2.45. The molecular weight excluding hydrogens is 260 g/mol. The zero-order valence-corrected chi connectivity index (χ0v) is 15.8. The lowest BCUT2D eigenvalue weighted by Gasteiger charge is -2.37. The molecule has 0 bridgehead atoms. The summed E-state index contributed by atoms with van der Waals surface area (Å²) in [4.78, 5) is 2.62. The van der Waals surface area contributed by atoms with Crippen molar-refractivity contribution in [1.29, 1.82) is 0 Å². The Morgan fingerprint density at radius 3 is 2.05 bits per heavy atom. The Balaban J connectivity index is 2.94. The minimum Gasteiger partial charge on any atom is -0.368 e. The van der Waals surface area contributed by atoms with Crippen LogP contribution in [0.25, 0.3) is 0 Å². The topological polar surface area (TPSA) is 24.5 Å². The molecule has 2 unspecified atom stereocenters. The summed E-state index contributed by atoms with van der Waals surface area (Å²) in [5.41, 5.74) is -0.189. The minimum absolute atomic E-state index is 0.0829. The third-order valence-electron chi connectivity index (χ3n) is 4.76. The van der Waals surface area contributed by atoms with Crippen molar-refractivity contribution in [3.63, 3.8) is 0 Å². The normalized spacial score (nSPS) is 28.0. The molecule has 3 nitrogen and oxygen atoms in total. The third kappa shape index (κ3) is 4.67. The maximum Gasteiger partial charge on any atom is 0.0790 e. The van der Waals surface area contributed by atoms with Gasteiger partial charge in [0.1, 0.15) is 0 Å². The van der Waals surface area contributed by atoms with E-state index in [9.17, 15) is 0 Å². The zero-order valence-electron chi connectivity index (χ0n) is 15.8. The Kier molecular flexibility index (Phi) is 6.28. The maximum absolute atomic E-state index is 6.41. The van der Waals surface area contributed by atoms with Crippen molar-refractivity contribution in [1.82, 2.24) is 10.2 Å². The van der Waals surface area contributed by atoms with Crippen LogP contribution < -0.4 is 5.32 Å². The highest BCUT2D eigenvalue weighted by Crippen LogP contribution is 2.42. The Bertz CT molecular complexity index is 323. The molecule has 1 rings (SSSR count). The summed E-state index contributed by atoms with van der Waals surface area (Å²) in [5.74, 6) is 1.21. The van der Waals surface area contributed by atoms with Gasteiger partial charge in [-0.3, -0.25) is 0 Å². The van der Waals surface area contributed by atoms with Crippen molar-refractivity contribution in [2.75, 3.05) is 19.6 Å². The predicted molar refractivity (Wildman–Crippen MR) is 91.7 cm³/mol. The van der Waals surface area contributed by atoms with Crippen LogP contribution in [0.1, 0.15) is 62.3 Å². The largest absolute Gasteiger partial charge is 0.368 e. The summed E-state index contributed by atoms with van der Waals surface area (Å²) < 4.78 is 6.41. The maximum atomic E-state index is 6.41. The van der Waals surface area contributed by atoms with Gasteiger partial charge in [0.2, 0.25) is 0 Å². The molecule has 1 N–H and O–H groups in total. The Morgan fingerprint density at radius 1 is 1.05 bits per heavy atom. The number of ether oxygens (including phenoxy) is 1. The van der Waals surface area contributed by atoms with Gasteiger partial charge < -0.3 is 15.0 Å². The first-order valence-corrected chi connectivity index (χ1v) is 8.68. The molecular formula is C18H38N2O. The molecule has 1 heterocycles. The van der Waals surface area contributed by atoms with Crippen LogP contribution in [0.15, 0.2) is 0 Å². The van der Waals surface area contributed by atoms with Crippen molar-refractivity contribution in [3.8, 4) is 0 Å². The summed E-state index contributed by atoms with van der Waals surface area (Å²) in [6, 6.07) is 0.986. The zero-order chi connectivity index (χ0) is 16.4. The highest BCUT2D eigenvalue weighted by atomic mass is 16.5. The van der Waals surface area contributed by atoms with Gasteiger partial charge in [0.05, 0.1) is 11.2 Å². The molecule has 126 valence electrons. The molecule has 1 fully saturated rings. The lowest BCUT2D eigenvalue weighted by Crippen LogP contribution is -2.52. The molecule has 1 saturated heterocycles. The van der Waals surface area contributed by atoms with Crippen molar-refractivity contribution in [3.05, 3.63) is 0 Å². The third-order valence-corrected chi connectivity index (χ3v) is 4.76. The van der Waals surface area contributed by atoms with Crippen LogP contribution in [-0.2, 0) is 4.74 Å². The second-order valence-electron chi connectivity index (χ2n) is 8.39. The average molecular weight is 299 g/mol. The van der Waals surface area contributed by atoms with E-state index in [0.29, 0.717) is 23.9 Å². The van der Waals surface area contributed by atoms with Crippen LogP contribution >= 0.6 is 0 Å². The summed E-state index contributed by atoms with van der Waals surface area (Å²) >= 11 is 0. The van der Waals surface area contributed by atoms with Crippen LogP contribution in [0.3, 0.4) is 0 Å².